The predicted octanol–water partition coefficient (Wildman–Crippen LogP) is 5.15. The van der Waals surface area contributed by atoms with E-state index in [9.17, 15) is 9.59 Å². The van der Waals surface area contributed by atoms with Gasteiger partial charge in [-0.3, -0.25) is 9.59 Å². The van der Waals surface area contributed by atoms with Crippen molar-refractivity contribution in [1.29, 1.82) is 0 Å². The summed E-state index contributed by atoms with van der Waals surface area (Å²) >= 11 is 5.34. The van der Waals surface area contributed by atoms with Gasteiger partial charge in [0, 0.05) is 0 Å². The molecular formula is C17H11I2NO3S. The smallest absolute Gasteiger partial charge is 0.298 e. The molecule has 0 aromatic heterocycles. The highest BCUT2D eigenvalue weighted by molar-refractivity contribution is 14.1. The first-order valence-electron chi connectivity index (χ1n) is 6.87. The number of amides is 2. The van der Waals surface area contributed by atoms with Crippen LogP contribution in [0.3, 0.4) is 0 Å². The van der Waals surface area contributed by atoms with Gasteiger partial charge in [0.1, 0.15) is 5.75 Å². The maximum atomic E-state index is 12.6. The maximum Gasteiger partial charge on any atom is 0.298 e. The number of anilines is 1. The van der Waals surface area contributed by atoms with E-state index >= 15 is 0 Å². The number of nitrogens with zero attached hydrogens (tertiary/aromatic N) is 1. The summed E-state index contributed by atoms with van der Waals surface area (Å²) in [4.78, 5) is 26.4. The Labute approximate surface area is 170 Å². The van der Waals surface area contributed by atoms with Gasteiger partial charge < -0.3 is 4.74 Å². The lowest BCUT2D eigenvalue weighted by Crippen LogP contribution is -2.27. The number of hydrogen-bond donors (Lipinski definition) is 0. The van der Waals surface area contributed by atoms with E-state index in [0.717, 1.165) is 30.2 Å². The lowest BCUT2D eigenvalue weighted by Gasteiger charge is -2.11. The Hall–Kier alpha value is -1.07. The molecule has 2 amide bonds. The molecule has 4 nitrogen and oxygen atoms in total. The van der Waals surface area contributed by atoms with Crippen molar-refractivity contribution in [2.75, 3.05) is 12.0 Å². The van der Waals surface area contributed by atoms with E-state index in [1.807, 2.05) is 18.2 Å². The molecule has 1 fully saturated rings. The highest BCUT2D eigenvalue weighted by Gasteiger charge is 2.36. The minimum absolute atomic E-state index is 0.282. The maximum absolute atomic E-state index is 12.6. The largest absolute Gasteiger partial charge is 0.495 e. The molecule has 0 unspecified atom stereocenters. The summed E-state index contributed by atoms with van der Waals surface area (Å²) in [5.41, 5.74) is 1.45. The second kappa shape index (κ2) is 7.44. The van der Waals surface area contributed by atoms with E-state index in [1.54, 1.807) is 37.5 Å². The first-order chi connectivity index (χ1) is 11.5. The van der Waals surface area contributed by atoms with Gasteiger partial charge in [0.25, 0.3) is 11.1 Å². The second-order valence-electron chi connectivity index (χ2n) is 4.87. The number of carbonyl (C=O) groups is 2. The minimum atomic E-state index is -0.294. The van der Waals surface area contributed by atoms with E-state index in [2.05, 4.69) is 45.2 Å². The second-order valence-corrected chi connectivity index (χ2v) is 8.19. The van der Waals surface area contributed by atoms with Gasteiger partial charge in [-0.1, -0.05) is 18.2 Å². The average Bonchev–Trinajstić information content (AvgIpc) is 2.82. The molecule has 0 aliphatic carbocycles. The number of thioether (sulfide) groups is 1. The average molecular weight is 563 g/mol. The minimum Gasteiger partial charge on any atom is -0.495 e. The van der Waals surface area contributed by atoms with Crippen LogP contribution in [-0.2, 0) is 4.79 Å². The lowest BCUT2D eigenvalue weighted by atomic mass is 10.2. The molecule has 7 heteroatoms. The van der Waals surface area contributed by atoms with Crippen LogP contribution < -0.4 is 9.64 Å². The van der Waals surface area contributed by atoms with Crippen LogP contribution in [-0.4, -0.2) is 18.3 Å². The van der Waals surface area contributed by atoms with Crippen LogP contribution in [0.15, 0.2) is 47.4 Å². The number of methoxy groups -OCH3 is 1. The van der Waals surface area contributed by atoms with Crippen molar-refractivity contribution in [2.45, 2.75) is 0 Å². The van der Waals surface area contributed by atoms with Gasteiger partial charge in [-0.15, -0.1) is 0 Å². The zero-order chi connectivity index (χ0) is 17.3. The van der Waals surface area contributed by atoms with E-state index < -0.39 is 0 Å². The standard InChI is InChI=1S/C17H11I2NO3S/c1-23-15-12(18)7-10(8-13(15)19)9-14-16(21)20(17(22)24-14)11-5-3-2-4-6-11/h2-9H,1H3/b14-9-. The van der Waals surface area contributed by atoms with Gasteiger partial charge >= 0.3 is 0 Å². The third kappa shape index (κ3) is 3.47. The highest BCUT2D eigenvalue weighted by atomic mass is 127. The number of ether oxygens (including phenoxy) is 1. The third-order valence-electron chi connectivity index (χ3n) is 3.33. The molecule has 1 aliphatic heterocycles. The Morgan fingerprint density at radius 1 is 1.08 bits per heavy atom. The molecule has 2 aromatic carbocycles. The molecule has 0 N–H and O–H groups in total. The Bertz CT molecular complexity index is 829. The summed E-state index contributed by atoms with van der Waals surface area (Å²) in [7, 11) is 1.63. The quantitative estimate of drug-likeness (QED) is 0.384. The molecule has 0 atom stereocenters. The number of rotatable bonds is 3. The van der Waals surface area contributed by atoms with Gasteiger partial charge in [0.2, 0.25) is 0 Å². The van der Waals surface area contributed by atoms with E-state index in [-0.39, 0.29) is 11.1 Å². The number of imide groups is 1. The fourth-order valence-corrected chi connectivity index (χ4v) is 5.37. The molecule has 0 radical (unpaired) electrons. The van der Waals surface area contributed by atoms with Crippen molar-refractivity contribution in [1.82, 2.24) is 0 Å². The number of carbonyl (C=O) groups excluding carboxylic acids is 2. The Morgan fingerprint density at radius 2 is 1.71 bits per heavy atom. The zero-order valence-electron chi connectivity index (χ0n) is 12.5. The van der Waals surface area contributed by atoms with E-state index in [4.69, 9.17) is 4.74 Å². The van der Waals surface area contributed by atoms with Crippen molar-refractivity contribution in [3.8, 4) is 5.75 Å². The van der Waals surface area contributed by atoms with Crippen molar-refractivity contribution in [3.63, 3.8) is 0 Å². The summed E-state index contributed by atoms with van der Waals surface area (Å²) in [6, 6.07) is 12.8. The fourth-order valence-electron chi connectivity index (χ4n) is 2.28. The molecule has 0 spiro atoms. The van der Waals surface area contributed by atoms with E-state index in [0.29, 0.717) is 10.6 Å². The highest BCUT2D eigenvalue weighted by Crippen LogP contribution is 2.36. The van der Waals surface area contributed by atoms with Crippen LogP contribution in [0.25, 0.3) is 6.08 Å². The molecule has 1 aliphatic rings. The molecule has 0 bridgehead atoms. The zero-order valence-corrected chi connectivity index (χ0v) is 17.6. The van der Waals surface area contributed by atoms with Crippen LogP contribution in [0, 0.1) is 7.14 Å². The van der Waals surface area contributed by atoms with Crippen LogP contribution in [0.5, 0.6) is 5.75 Å². The molecule has 24 heavy (non-hydrogen) atoms. The van der Waals surface area contributed by atoms with Crippen molar-refractivity contribution >= 4 is 79.9 Å². The van der Waals surface area contributed by atoms with Crippen LogP contribution >= 0.6 is 56.9 Å². The number of hydrogen-bond acceptors (Lipinski definition) is 4. The topological polar surface area (TPSA) is 46.6 Å². The Balaban J connectivity index is 1.95. The molecule has 1 heterocycles. The van der Waals surface area contributed by atoms with Gasteiger partial charge in [-0.2, -0.15) is 0 Å². The summed E-state index contributed by atoms with van der Waals surface area (Å²) in [6.07, 6.45) is 1.75. The van der Waals surface area contributed by atoms with Crippen LogP contribution in [0.1, 0.15) is 5.56 Å². The summed E-state index contributed by atoms with van der Waals surface area (Å²) < 4.78 is 7.25. The normalized spacial score (nSPS) is 16.1. The van der Waals surface area contributed by atoms with Gasteiger partial charge in [-0.25, -0.2) is 4.90 Å². The summed E-state index contributed by atoms with van der Waals surface area (Å²) in [6.45, 7) is 0. The lowest BCUT2D eigenvalue weighted by molar-refractivity contribution is -0.113. The first kappa shape index (κ1) is 17.7. The van der Waals surface area contributed by atoms with Gasteiger partial charge in [0.15, 0.2) is 0 Å². The first-order valence-corrected chi connectivity index (χ1v) is 9.84. The molecule has 2 aromatic rings. The van der Waals surface area contributed by atoms with Crippen LogP contribution in [0.4, 0.5) is 10.5 Å². The van der Waals surface area contributed by atoms with Crippen molar-refractivity contribution < 1.29 is 14.3 Å². The van der Waals surface area contributed by atoms with Crippen molar-refractivity contribution in [3.05, 3.63) is 60.1 Å². The van der Waals surface area contributed by atoms with Crippen molar-refractivity contribution in [2.24, 2.45) is 0 Å². The monoisotopic (exact) mass is 563 g/mol. The van der Waals surface area contributed by atoms with Gasteiger partial charge in [0.05, 0.1) is 24.8 Å². The molecule has 122 valence electrons. The van der Waals surface area contributed by atoms with E-state index in [1.165, 1.54) is 4.90 Å². The number of halogens is 2. The number of benzene rings is 2. The number of para-hydroxylation sites is 1. The molecule has 3 rings (SSSR count). The van der Waals surface area contributed by atoms with Crippen LogP contribution in [0.2, 0.25) is 0 Å². The Kier molecular flexibility index (Phi) is 5.50. The molecule has 1 saturated heterocycles. The summed E-state index contributed by atoms with van der Waals surface area (Å²) in [5.74, 6) is 0.516. The Morgan fingerprint density at radius 3 is 2.29 bits per heavy atom. The van der Waals surface area contributed by atoms with Gasteiger partial charge in [-0.05, 0) is 92.8 Å². The molecule has 0 saturated carbocycles. The predicted molar refractivity (Wildman–Crippen MR) is 113 cm³/mol. The third-order valence-corrected chi connectivity index (χ3v) is 5.80. The summed E-state index contributed by atoms with van der Waals surface area (Å²) in [5, 5.41) is -0.282. The molecular weight excluding hydrogens is 552 g/mol. The SMILES string of the molecule is COc1c(I)cc(/C=C2\SC(=O)N(c3ccccc3)C2=O)cc1I. The fraction of sp³-hybridized carbons (Fsp3) is 0.0588.